The maximum absolute atomic E-state index is 12.9. The minimum absolute atomic E-state index is 0.0905. The number of benzene rings is 1. The summed E-state index contributed by atoms with van der Waals surface area (Å²) < 4.78 is 29.2. The summed E-state index contributed by atoms with van der Waals surface area (Å²) in [4.78, 5) is 12.5. The second kappa shape index (κ2) is 6.57. The number of carbonyl (C=O) groups excluding carboxylic acids is 1. The van der Waals surface area contributed by atoms with Crippen molar-refractivity contribution in [3.05, 3.63) is 41.7 Å². The molecule has 0 atom stereocenters. The predicted molar refractivity (Wildman–Crippen MR) is 96.3 cm³/mol. The van der Waals surface area contributed by atoms with Crippen LogP contribution >= 0.6 is 0 Å². The average molecular weight is 375 g/mol. The zero-order chi connectivity index (χ0) is 19.8. The topological polar surface area (TPSA) is 113 Å². The normalized spacial score (nSPS) is 12.5. The highest BCUT2D eigenvalue weighted by molar-refractivity contribution is 7.93. The Labute approximate surface area is 152 Å². The van der Waals surface area contributed by atoms with Crippen molar-refractivity contribution < 1.29 is 17.7 Å². The zero-order valence-electron chi connectivity index (χ0n) is 15.3. The Morgan fingerprint density at radius 1 is 1.19 bits per heavy atom. The van der Waals surface area contributed by atoms with Gasteiger partial charge in [0.25, 0.3) is 0 Å². The summed E-state index contributed by atoms with van der Waals surface area (Å²) in [5.74, 6) is -0.0298. The smallest absolute Gasteiger partial charge is 0.246 e. The van der Waals surface area contributed by atoms with E-state index >= 15 is 0 Å². The first kappa shape index (κ1) is 19.7. The number of aromatic nitrogens is 1. The molecule has 0 radical (unpaired) electrons. The second-order valence-electron chi connectivity index (χ2n) is 7.43. The lowest BCUT2D eigenvalue weighted by molar-refractivity contribution is -0.117. The summed E-state index contributed by atoms with van der Waals surface area (Å²) >= 11 is 0. The van der Waals surface area contributed by atoms with E-state index in [0.717, 1.165) is 0 Å². The fourth-order valence-electron chi connectivity index (χ4n) is 2.10. The molecule has 0 unspecified atom stereocenters. The molecule has 0 spiro atoms. The van der Waals surface area contributed by atoms with Crippen molar-refractivity contribution in [1.82, 2.24) is 5.16 Å². The maximum atomic E-state index is 12.9. The van der Waals surface area contributed by atoms with E-state index in [0.29, 0.717) is 5.76 Å². The van der Waals surface area contributed by atoms with Gasteiger partial charge in [-0.1, -0.05) is 32.0 Å². The van der Waals surface area contributed by atoms with E-state index in [9.17, 15) is 13.2 Å². The molecule has 0 aliphatic carbocycles. The van der Waals surface area contributed by atoms with Crippen LogP contribution in [0.2, 0.25) is 0 Å². The van der Waals surface area contributed by atoms with Gasteiger partial charge in [0.05, 0.1) is 16.5 Å². The first-order valence-electron chi connectivity index (χ1n) is 7.93. The van der Waals surface area contributed by atoms with Gasteiger partial charge >= 0.3 is 0 Å². The molecule has 2 rings (SSSR count). The van der Waals surface area contributed by atoms with Gasteiger partial charge in [0, 0.05) is 11.5 Å². The third kappa shape index (κ3) is 3.63. The Bertz CT molecular complexity index is 976. The summed E-state index contributed by atoms with van der Waals surface area (Å²) in [5.41, 5.74) is -0.0939. The number of rotatable bonds is 4. The van der Waals surface area contributed by atoms with Crippen LogP contribution in [0.3, 0.4) is 0 Å². The first-order valence-corrected chi connectivity index (χ1v) is 9.41. The van der Waals surface area contributed by atoms with E-state index in [4.69, 9.17) is 9.78 Å². The molecule has 0 bridgehead atoms. The van der Waals surface area contributed by atoms with Crippen molar-refractivity contribution >= 4 is 21.6 Å². The Morgan fingerprint density at radius 2 is 1.85 bits per heavy atom. The van der Waals surface area contributed by atoms with Gasteiger partial charge in [-0.2, -0.15) is 5.26 Å². The molecule has 8 heteroatoms. The zero-order valence-corrected chi connectivity index (χ0v) is 16.1. The van der Waals surface area contributed by atoms with Crippen LogP contribution in [-0.2, 0) is 20.0 Å². The monoisotopic (exact) mass is 375 g/mol. The molecule has 0 aliphatic rings. The standard InChI is InChI=1S/C18H21N3O4S/c1-17(2,3)14-10-15(21-25-14)20-16(22)18(4,5)26(23,24)13-8-6-7-12(9-13)11-19/h6-10H,1-5H3,(H,20,21,22). The van der Waals surface area contributed by atoms with Gasteiger partial charge in [-0.15, -0.1) is 0 Å². The van der Waals surface area contributed by atoms with Gasteiger partial charge in [-0.25, -0.2) is 8.42 Å². The van der Waals surface area contributed by atoms with E-state index in [-0.39, 0.29) is 21.7 Å². The average Bonchev–Trinajstić information content (AvgIpc) is 3.03. The molecule has 0 saturated carbocycles. The minimum Gasteiger partial charge on any atom is -0.359 e. The van der Waals surface area contributed by atoms with E-state index in [1.54, 1.807) is 6.07 Å². The fraction of sp³-hybridized carbons (Fsp3) is 0.389. The summed E-state index contributed by atoms with van der Waals surface area (Å²) in [7, 11) is -4.03. The van der Waals surface area contributed by atoms with Crippen molar-refractivity contribution in [2.45, 2.75) is 49.7 Å². The van der Waals surface area contributed by atoms with Crippen molar-refractivity contribution in [2.24, 2.45) is 0 Å². The summed E-state index contributed by atoms with van der Waals surface area (Å²) in [6, 6.07) is 9.02. The van der Waals surface area contributed by atoms with Crippen LogP contribution < -0.4 is 5.32 Å². The minimum atomic E-state index is -4.03. The number of anilines is 1. The number of carbonyl (C=O) groups is 1. The van der Waals surface area contributed by atoms with Crippen LogP contribution in [0.1, 0.15) is 45.9 Å². The van der Waals surface area contributed by atoms with Crippen molar-refractivity contribution in [3.8, 4) is 6.07 Å². The maximum Gasteiger partial charge on any atom is 0.246 e. The van der Waals surface area contributed by atoms with Gasteiger partial charge in [0.2, 0.25) is 5.91 Å². The second-order valence-corrected chi connectivity index (χ2v) is 9.93. The summed E-state index contributed by atoms with van der Waals surface area (Å²) in [6.07, 6.45) is 0. The third-order valence-corrected chi connectivity index (χ3v) is 6.39. The molecule has 1 heterocycles. The molecule has 2 aromatic rings. The quantitative estimate of drug-likeness (QED) is 0.879. The molecule has 26 heavy (non-hydrogen) atoms. The molecule has 138 valence electrons. The van der Waals surface area contributed by atoms with Crippen molar-refractivity contribution in [3.63, 3.8) is 0 Å². The molecule has 1 amide bonds. The van der Waals surface area contributed by atoms with Crippen molar-refractivity contribution in [2.75, 3.05) is 5.32 Å². The number of nitrogens with zero attached hydrogens (tertiary/aromatic N) is 2. The molecule has 1 aromatic carbocycles. The molecular formula is C18H21N3O4S. The van der Waals surface area contributed by atoms with Crippen molar-refractivity contribution in [1.29, 1.82) is 5.26 Å². The highest BCUT2D eigenvalue weighted by atomic mass is 32.2. The lowest BCUT2D eigenvalue weighted by Crippen LogP contribution is -2.44. The molecule has 0 aliphatic heterocycles. The highest BCUT2D eigenvalue weighted by Crippen LogP contribution is 2.29. The van der Waals surface area contributed by atoms with Crippen LogP contribution in [0.15, 0.2) is 39.8 Å². The number of sulfone groups is 1. The van der Waals surface area contributed by atoms with Gasteiger partial charge in [-0.3, -0.25) is 4.79 Å². The van der Waals surface area contributed by atoms with Crippen LogP contribution in [-0.4, -0.2) is 24.2 Å². The predicted octanol–water partition coefficient (Wildman–Crippen LogP) is 3.03. The Morgan fingerprint density at radius 3 is 2.38 bits per heavy atom. The molecule has 7 nitrogen and oxygen atoms in total. The number of hydrogen-bond donors (Lipinski definition) is 1. The molecule has 1 aromatic heterocycles. The van der Waals surface area contributed by atoms with Crippen LogP contribution in [0.4, 0.5) is 5.82 Å². The van der Waals surface area contributed by atoms with E-state index < -0.39 is 20.5 Å². The summed E-state index contributed by atoms with van der Waals surface area (Å²) in [5, 5.41) is 15.2. The van der Waals surface area contributed by atoms with Crippen LogP contribution in [0, 0.1) is 11.3 Å². The largest absolute Gasteiger partial charge is 0.359 e. The molecule has 1 N–H and O–H groups in total. The Balaban J connectivity index is 2.31. The lowest BCUT2D eigenvalue weighted by Gasteiger charge is -2.23. The Kier molecular flexibility index (Phi) is 4.97. The molecule has 0 fully saturated rings. The summed E-state index contributed by atoms with van der Waals surface area (Å²) in [6.45, 7) is 8.39. The SMILES string of the molecule is CC(C)(C)c1cc(NC(=O)C(C)(C)S(=O)(=O)c2cccc(C#N)c2)no1. The number of amides is 1. The first-order chi connectivity index (χ1) is 11.9. The lowest BCUT2D eigenvalue weighted by atomic mass is 9.93. The third-order valence-electron chi connectivity index (χ3n) is 3.98. The van der Waals surface area contributed by atoms with Gasteiger partial charge in [0.15, 0.2) is 15.7 Å². The van der Waals surface area contributed by atoms with Gasteiger partial charge < -0.3 is 9.84 Å². The molecule has 0 saturated heterocycles. The molecular weight excluding hydrogens is 354 g/mol. The van der Waals surface area contributed by atoms with Gasteiger partial charge in [-0.05, 0) is 32.0 Å². The fourth-order valence-corrected chi connectivity index (χ4v) is 3.53. The number of nitrogens with one attached hydrogen (secondary N) is 1. The van der Waals surface area contributed by atoms with Crippen LogP contribution in [0.5, 0.6) is 0 Å². The Hall–Kier alpha value is -2.66. The van der Waals surface area contributed by atoms with E-state index in [2.05, 4.69) is 10.5 Å². The van der Waals surface area contributed by atoms with Crippen LogP contribution in [0.25, 0.3) is 0 Å². The van der Waals surface area contributed by atoms with E-state index in [1.807, 2.05) is 26.8 Å². The number of hydrogen-bond acceptors (Lipinski definition) is 6. The van der Waals surface area contributed by atoms with E-state index in [1.165, 1.54) is 38.1 Å². The highest BCUT2D eigenvalue weighted by Gasteiger charge is 2.43. The van der Waals surface area contributed by atoms with Gasteiger partial charge in [0.1, 0.15) is 10.5 Å². The number of nitriles is 1.